The first-order valence-corrected chi connectivity index (χ1v) is 8.60. The Morgan fingerprint density at radius 2 is 2.16 bits per heavy atom. The van der Waals surface area contributed by atoms with E-state index in [1.54, 1.807) is 42.2 Å². The third-order valence-corrected chi connectivity index (χ3v) is 4.67. The van der Waals surface area contributed by atoms with E-state index >= 15 is 0 Å². The molecule has 2 heterocycles. The molecule has 0 saturated heterocycles. The first-order valence-electron chi connectivity index (χ1n) is 7.72. The van der Waals surface area contributed by atoms with E-state index in [1.165, 1.54) is 23.9 Å². The topological polar surface area (TPSA) is 72.4 Å². The number of nitrogens with zero attached hydrogens (tertiary/aromatic N) is 2. The van der Waals surface area contributed by atoms with E-state index in [0.29, 0.717) is 22.1 Å². The molecule has 0 bridgehead atoms. The Morgan fingerprint density at radius 1 is 1.40 bits per heavy atom. The Kier molecular flexibility index (Phi) is 4.43. The van der Waals surface area contributed by atoms with Gasteiger partial charge in [0.2, 0.25) is 0 Å². The molecular formula is C18H19FN4OS. The molecule has 1 aromatic heterocycles. The third-order valence-electron chi connectivity index (χ3n) is 4.07. The molecule has 130 valence electrons. The van der Waals surface area contributed by atoms with E-state index < -0.39 is 11.4 Å². The Labute approximate surface area is 149 Å². The van der Waals surface area contributed by atoms with Crippen LogP contribution in [0.4, 0.5) is 10.1 Å². The standard InChI is InChI=1S/C18H19FN4OS/c1-11-8-15(23(3)10-11)16(24)21-12-4-5-14(19)13(9-12)18(2)6-7-25-17(20)22-18/h4-10H,1-3H3,(H2,20,22)(H,21,24)/t18-/m0/s1. The Balaban J connectivity index is 1.92. The lowest BCUT2D eigenvalue weighted by Crippen LogP contribution is -2.25. The van der Waals surface area contributed by atoms with Crippen LogP contribution in [0.25, 0.3) is 0 Å². The van der Waals surface area contributed by atoms with Crippen molar-refractivity contribution in [2.75, 3.05) is 5.32 Å². The van der Waals surface area contributed by atoms with Gasteiger partial charge < -0.3 is 15.6 Å². The van der Waals surface area contributed by atoms with E-state index in [1.807, 2.05) is 13.1 Å². The Hall–Kier alpha value is -2.54. The molecule has 25 heavy (non-hydrogen) atoms. The van der Waals surface area contributed by atoms with Gasteiger partial charge >= 0.3 is 0 Å². The quantitative estimate of drug-likeness (QED) is 0.882. The van der Waals surface area contributed by atoms with E-state index in [9.17, 15) is 9.18 Å². The van der Waals surface area contributed by atoms with Crippen LogP contribution in [0.15, 0.2) is 46.9 Å². The highest BCUT2D eigenvalue weighted by Crippen LogP contribution is 2.35. The number of aromatic nitrogens is 1. The number of aryl methyl sites for hydroxylation is 2. The van der Waals surface area contributed by atoms with E-state index in [4.69, 9.17) is 5.73 Å². The number of hydrogen-bond acceptors (Lipinski definition) is 4. The zero-order valence-corrected chi connectivity index (χ0v) is 15.0. The highest BCUT2D eigenvalue weighted by atomic mass is 32.2. The van der Waals surface area contributed by atoms with Crippen LogP contribution in [0, 0.1) is 12.7 Å². The van der Waals surface area contributed by atoms with Gasteiger partial charge in [0, 0.05) is 24.5 Å². The van der Waals surface area contributed by atoms with Gasteiger partial charge in [-0.25, -0.2) is 9.38 Å². The first-order chi connectivity index (χ1) is 11.8. The molecule has 3 rings (SSSR count). The van der Waals surface area contributed by atoms with Crippen LogP contribution < -0.4 is 11.1 Å². The number of aliphatic imine (C=N–C) groups is 1. The Morgan fingerprint density at radius 3 is 2.80 bits per heavy atom. The van der Waals surface area contributed by atoms with Crippen molar-refractivity contribution in [1.29, 1.82) is 0 Å². The van der Waals surface area contributed by atoms with Crippen molar-refractivity contribution in [2.45, 2.75) is 19.4 Å². The predicted octanol–water partition coefficient (Wildman–Crippen LogP) is 3.52. The zero-order chi connectivity index (χ0) is 18.2. The molecule has 1 aromatic carbocycles. The van der Waals surface area contributed by atoms with Gasteiger partial charge in [0.05, 0.1) is 0 Å². The van der Waals surface area contributed by atoms with E-state index in [0.717, 1.165) is 5.56 Å². The molecule has 0 unspecified atom stereocenters. The van der Waals surface area contributed by atoms with Crippen molar-refractivity contribution < 1.29 is 9.18 Å². The fourth-order valence-corrected chi connectivity index (χ4v) is 3.54. The number of halogens is 1. The number of rotatable bonds is 3. The van der Waals surface area contributed by atoms with Gasteiger partial charge in [0.25, 0.3) is 5.91 Å². The minimum absolute atomic E-state index is 0.254. The molecule has 0 aliphatic carbocycles. The molecule has 1 atom stereocenters. The summed E-state index contributed by atoms with van der Waals surface area (Å²) in [5.41, 5.74) is 7.26. The van der Waals surface area contributed by atoms with Crippen molar-refractivity contribution in [3.8, 4) is 0 Å². The lowest BCUT2D eigenvalue weighted by atomic mass is 9.92. The molecule has 1 amide bonds. The fourth-order valence-electron chi connectivity index (χ4n) is 2.82. The molecule has 0 spiro atoms. The van der Waals surface area contributed by atoms with Crippen LogP contribution in [0.3, 0.4) is 0 Å². The first kappa shape index (κ1) is 17.3. The van der Waals surface area contributed by atoms with Gasteiger partial charge in [0.1, 0.15) is 17.1 Å². The average molecular weight is 358 g/mol. The molecule has 0 saturated carbocycles. The number of amides is 1. The molecule has 0 fully saturated rings. The summed E-state index contributed by atoms with van der Waals surface area (Å²) in [5, 5.41) is 4.98. The molecule has 7 heteroatoms. The number of carbonyl (C=O) groups excluding carboxylic acids is 1. The minimum Gasteiger partial charge on any atom is -0.378 e. The molecule has 5 nitrogen and oxygen atoms in total. The van der Waals surface area contributed by atoms with Crippen LogP contribution in [-0.4, -0.2) is 15.6 Å². The number of nitrogens with two attached hydrogens (primary N) is 1. The molecule has 1 aliphatic rings. The minimum atomic E-state index is -0.901. The van der Waals surface area contributed by atoms with Gasteiger partial charge in [-0.15, -0.1) is 0 Å². The van der Waals surface area contributed by atoms with Crippen molar-refractivity contribution >= 4 is 28.5 Å². The normalized spacial score (nSPS) is 19.6. The third kappa shape index (κ3) is 3.46. The number of hydrogen-bond donors (Lipinski definition) is 2. The average Bonchev–Trinajstić information content (AvgIpc) is 2.87. The molecular weight excluding hydrogens is 339 g/mol. The number of amidine groups is 1. The van der Waals surface area contributed by atoms with Crippen molar-refractivity contribution in [3.05, 3.63) is 64.6 Å². The van der Waals surface area contributed by atoms with Crippen molar-refractivity contribution in [2.24, 2.45) is 17.8 Å². The maximum absolute atomic E-state index is 14.4. The summed E-state index contributed by atoms with van der Waals surface area (Å²) in [4.78, 5) is 16.8. The number of nitrogens with one attached hydrogen (secondary N) is 1. The van der Waals surface area contributed by atoms with Crippen LogP contribution >= 0.6 is 11.8 Å². The highest BCUT2D eigenvalue weighted by molar-refractivity contribution is 8.16. The smallest absolute Gasteiger partial charge is 0.272 e. The largest absolute Gasteiger partial charge is 0.378 e. The summed E-state index contributed by atoms with van der Waals surface area (Å²) in [7, 11) is 1.81. The zero-order valence-electron chi connectivity index (χ0n) is 14.2. The second-order valence-corrected chi connectivity index (χ2v) is 7.11. The summed E-state index contributed by atoms with van der Waals surface area (Å²) in [5.74, 6) is -0.653. The van der Waals surface area contributed by atoms with Gasteiger partial charge in [0.15, 0.2) is 5.17 Å². The summed E-state index contributed by atoms with van der Waals surface area (Å²) < 4.78 is 16.1. The SMILES string of the molecule is Cc1cc(C(=O)Nc2ccc(F)c([C@]3(C)C=CSC(N)=N3)c2)n(C)c1. The van der Waals surface area contributed by atoms with E-state index in [2.05, 4.69) is 10.3 Å². The number of benzene rings is 1. The molecule has 3 N–H and O–H groups in total. The summed E-state index contributed by atoms with van der Waals surface area (Å²) in [6.45, 7) is 3.70. The maximum Gasteiger partial charge on any atom is 0.272 e. The van der Waals surface area contributed by atoms with Crippen LogP contribution in [0.2, 0.25) is 0 Å². The number of thioether (sulfide) groups is 1. The van der Waals surface area contributed by atoms with Crippen LogP contribution in [-0.2, 0) is 12.6 Å². The lowest BCUT2D eigenvalue weighted by Gasteiger charge is -2.26. The number of anilines is 1. The second kappa shape index (κ2) is 6.40. The van der Waals surface area contributed by atoms with Gasteiger partial charge in [-0.2, -0.15) is 0 Å². The Bertz CT molecular complexity index is 902. The predicted molar refractivity (Wildman–Crippen MR) is 100 cm³/mol. The van der Waals surface area contributed by atoms with E-state index in [-0.39, 0.29) is 5.91 Å². The number of carbonyl (C=O) groups is 1. The molecule has 2 aromatic rings. The van der Waals surface area contributed by atoms with Crippen molar-refractivity contribution in [1.82, 2.24) is 4.57 Å². The molecule has 1 aliphatic heterocycles. The van der Waals surface area contributed by atoms with Gasteiger partial charge in [-0.3, -0.25) is 4.79 Å². The summed E-state index contributed by atoms with van der Waals surface area (Å²) in [6.07, 6.45) is 3.66. The highest BCUT2D eigenvalue weighted by Gasteiger charge is 2.29. The lowest BCUT2D eigenvalue weighted by molar-refractivity contribution is 0.101. The fraction of sp³-hybridized carbons (Fsp3) is 0.222. The second-order valence-electron chi connectivity index (χ2n) is 6.18. The van der Waals surface area contributed by atoms with Crippen LogP contribution in [0.1, 0.15) is 28.5 Å². The van der Waals surface area contributed by atoms with Crippen LogP contribution in [0.5, 0.6) is 0 Å². The summed E-state index contributed by atoms with van der Waals surface area (Å²) >= 11 is 1.29. The van der Waals surface area contributed by atoms with Gasteiger partial charge in [-0.05, 0) is 55.2 Å². The van der Waals surface area contributed by atoms with Gasteiger partial charge in [-0.1, -0.05) is 11.8 Å². The summed E-state index contributed by atoms with van der Waals surface area (Å²) in [6, 6.07) is 6.26. The molecule has 0 radical (unpaired) electrons. The monoisotopic (exact) mass is 358 g/mol. The van der Waals surface area contributed by atoms with Crippen molar-refractivity contribution in [3.63, 3.8) is 0 Å². The maximum atomic E-state index is 14.4.